The van der Waals surface area contributed by atoms with Crippen LogP contribution in [-0.2, 0) is 0 Å². The maximum absolute atomic E-state index is 0. The molecule has 0 bridgehead atoms. The Kier molecular flexibility index (Phi) is 6570. The molecule has 0 amide bonds. The Bertz CT molecular complexity index is 6.00. The van der Waals surface area contributed by atoms with Crippen molar-refractivity contribution in [2.45, 2.75) is 0 Å². The second kappa shape index (κ2) is 101. The SMILES string of the molecule is O.O.[Al].[C]. The monoisotopic (exact) mass is 75.0 g/mol. The van der Waals surface area contributed by atoms with Crippen LogP contribution in [0.4, 0.5) is 0 Å². The van der Waals surface area contributed by atoms with Crippen LogP contribution in [0.1, 0.15) is 0 Å². The number of hydrogen-bond donors (Lipinski definition) is 0. The zero-order valence-electron chi connectivity index (χ0n) is 2.08. The topological polar surface area (TPSA) is 63.0 Å². The Morgan fingerprint density at radius 1 is 0.750 bits per heavy atom. The molecule has 0 aromatic heterocycles. The molecule has 0 spiro atoms. The Labute approximate surface area is 36.6 Å². The first-order chi connectivity index (χ1) is 0. The minimum absolute atomic E-state index is 0. The molecule has 0 aromatic carbocycles. The molecule has 2 nitrogen and oxygen atoms in total. The van der Waals surface area contributed by atoms with Crippen LogP contribution in [0.15, 0.2) is 0 Å². The van der Waals surface area contributed by atoms with Gasteiger partial charge in [-0.1, -0.05) is 0 Å². The van der Waals surface area contributed by atoms with E-state index >= 15 is 0 Å². The first-order valence-corrected chi connectivity index (χ1v) is 0. The molecule has 0 aliphatic heterocycles. The highest BCUT2D eigenvalue weighted by molar-refractivity contribution is 5.75. The fourth-order valence-corrected chi connectivity index (χ4v) is 0. The van der Waals surface area contributed by atoms with Gasteiger partial charge in [-0.3, -0.25) is 0 Å². The molecule has 4 N–H and O–H groups in total. The molecule has 4 heavy (non-hydrogen) atoms. The van der Waals surface area contributed by atoms with Gasteiger partial charge in [0.1, 0.15) is 0 Å². The predicted octanol–water partition coefficient (Wildman–Crippen LogP) is -1.95. The van der Waals surface area contributed by atoms with Crippen molar-refractivity contribution in [3.8, 4) is 0 Å². The minimum atomic E-state index is 0. The zero-order valence-corrected chi connectivity index (χ0v) is 3.23. The van der Waals surface area contributed by atoms with E-state index in [0.717, 1.165) is 0 Å². The Morgan fingerprint density at radius 3 is 0.750 bits per heavy atom. The van der Waals surface area contributed by atoms with E-state index in [1.54, 1.807) is 0 Å². The summed E-state index contributed by atoms with van der Waals surface area (Å²) in [5, 5.41) is 0. The molecule has 0 atom stereocenters. The molecular formula is CH4AlO2. The zero-order chi connectivity index (χ0) is 0. The maximum atomic E-state index is 0. The van der Waals surface area contributed by atoms with Gasteiger partial charge >= 0.3 is 0 Å². The van der Waals surface area contributed by atoms with Crippen molar-refractivity contribution in [1.29, 1.82) is 0 Å². The molecule has 0 aromatic rings. The molecule has 0 saturated carbocycles. The lowest BCUT2D eigenvalue weighted by Crippen LogP contribution is -0.381. The van der Waals surface area contributed by atoms with Gasteiger partial charge in [0, 0.05) is 24.8 Å². The van der Waals surface area contributed by atoms with Crippen LogP contribution in [0.2, 0.25) is 0 Å². The highest BCUT2D eigenvalue weighted by atomic mass is 27.0. The van der Waals surface area contributed by atoms with Crippen LogP contribution in [0.25, 0.3) is 0 Å². The molecule has 0 aliphatic rings. The van der Waals surface area contributed by atoms with Crippen molar-refractivity contribution in [1.82, 2.24) is 0 Å². The van der Waals surface area contributed by atoms with Gasteiger partial charge in [0.05, 0.1) is 0 Å². The van der Waals surface area contributed by atoms with E-state index in [9.17, 15) is 0 Å². The third-order valence-corrected chi connectivity index (χ3v) is 0. The van der Waals surface area contributed by atoms with E-state index in [2.05, 4.69) is 0 Å². The molecule has 0 fully saturated rings. The van der Waals surface area contributed by atoms with Gasteiger partial charge in [0.25, 0.3) is 0 Å². The summed E-state index contributed by atoms with van der Waals surface area (Å²) in [7, 11) is 0. The molecule has 0 saturated heterocycles. The maximum Gasteiger partial charge on any atom is 0 e. The van der Waals surface area contributed by atoms with Gasteiger partial charge in [-0.2, -0.15) is 0 Å². The highest BCUT2D eigenvalue weighted by Crippen LogP contribution is 0.0813. The third kappa shape index (κ3) is 25.3. The standard InChI is InChI=1S/C.Al.2H2O/h;;2*1H2. The Hall–Kier alpha value is 0.452. The Balaban J connectivity index is 0. The second-order valence-corrected chi connectivity index (χ2v) is 0. The fourth-order valence-electron chi connectivity index (χ4n) is 0. The van der Waals surface area contributed by atoms with Crippen LogP contribution in [0, 0.1) is 7.43 Å². The highest BCUT2D eigenvalue weighted by Gasteiger charge is 0.00101. The third-order valence-electron chi connectivity index (χ3n) is 0. The molecule has 7 radical (unpaired) electrons. The summed E-state index contributed by atoms with van der Waals surface area (Å²) in [4.78, 5) is 0. The summed E-state index contributed by atoms with van der Waals surface area (Å²) in [6.07, 6.45) is 0. The van der Waals surface area contributed by atoms with Crippen LogP contribution in [0.3, 0.4) is 0 Å². The van der Waals surface area contributed by atoms with E-state index < -0.39 is 0 Å². The van der Waals surface area contributed by atoms with Gasteiger partial charge in [0.2, 0.25) is 0 Å². The van der Waals surface area contributed by atoms with E-state index in [4.69, 9.17) is 0 Å². The van der Waals surface area contributed by atoms with Crippen molar-refractivity contribution in [2.24, 2.45) is 0 Å². The van der Waals surface area contributed by atoms with E-state index in [1.807, 2.05) is 0 Å². The van der Waals surface area contributed by atoms with Crippen LogP contribution >= 0.6 is 0 Å². The molecule has 0 heterocycles. The van der Waals surface area contributed by atoms with E-state index in [1.165, 1.54) is 0 Å². The lowest BCUT2D eigenvalue weighted by molar-refractivity contribution is 0.823. The largest absolute Gasteiger partial charge is 0.412 e. The normalized spacial score (nSPS) is 0. The number of hydrogen-bond acceptors (Lipinski definition) is 0. The van der Waals surface area contributed by atoms with Crippen molar-refractivity contribution in [2.75, 3.05) is 0 Å². The Morgan fingerprint density at radius 2 is 0.750 bits per heavy atom. The van der Waals surface area contributed by atoms with Crippen LogP contribution in [0.5, 0.6) is 0 Å². The summed E-state index contributed by atoms with van der Waals surface area (Å²) in [5.41, 5.74) is 0. The summed E-state index contributed by atoms with van der Waals surface area (Å²) in [6, 6.07) is 0. The second-order valence-electron chi connectivity index (χ2n) is 0. The van der Waals surface area contributed by atoms with Crippen LogP contribution in [-0.4, -0.2) is 28.3 Å². The molecular weight excluding hydrogens is 71.0 g/mol. The van der Waals surface area contributed by atoms with E-state index in [0.29, 0.717) is 0 Å². The van der Waals surface area contributed by atoms with Gasteiger partial charge in [-0.25, -0.2) is 0 Å². The molecule has 0 unspecified atom stereocenters. The van der Waals surface area contributed by atoms with Crippen LogP contribution < -0.4 is 0 Å². The quantitative estimate of drug-likeness (QED) is 0.300. The van der Waals surface area contributed by atoms with Gasteiger partial charge < -0.3 is 11.0 Å². The summed E-state index contributed by atoms with van der Waals surface area (Å²) < 4.78 is 0. The van der Waals surface area contributed by atoms with Gasteiger partial charge in [0.15, 0.2) is 0 Å². The van der Waals surface area contributed by atoms with Crippen molar-refractivity contribution in [3.05, 3.63) is 7.43 Å². The molecule has 0 rings (SSSR count). The summed E-state index contributed by atoms with van der Waals surface area (Å²) in [5.74, 6) is 0. The minimum Gasteiger partial charge on any atom is -0.412 e. The van der Waals surface area contributed by atoms with Crippen molar-refractivity contribution < 1.29 is 11.0 Å². The average Bonchev–Trinajstić information content (AvgIpc) is 0. The summed E-state index contributed by atoms with van der Waals surface area (Å²) in [6.45, 7) is 0. The fraction of sp³-hybridized carbons (Fsp3) is 0. The smallest absolute Gasteiger partial charge is 0 e. The first-order valence-electron chi connectivity index (χ1n) is 0. The van der Waals surface area contributed by atoms with E-state index in [-0.39, 0.29) is 35.7 Å². The van der Waals surface area contributed by atoms with Crippen molar-refractivity contribution in [3.63, 3.8) is 0 Å². The van der Waals surface area contributed by atoms with Crippen molar-refractivity contribution >= 4 is 17.4 Å². The molecule has 0 aliphatic carbocycles. The molecule has 3 heteroatoms. The molecule has 23 valence electrons. The lowest BCUT2D eigenvalue weighted by Gasteiger charge is -0.413. The lowest BCUT2D eigenvalue weighted by atomic mass is 12.0. The van der Waals surface area contributed by atoms with Gasteiger partial charge in [-0.05, 0) is 0 Å². The summed E-state index contributed by atoms with van der Waals surface area (Å²) >= 11 is 0. The van der Waals surface area contributed by atoms with Gasteiger partial charge in [-0.15, -0.1) is 0 Å². The predicted molar refractivity (Wildman–Crippen MR) is 16.2 cm³/mol. The average molecular weight is 75.0 g/mol. The first kappa shape index (κ1) is 259. The number of rotatable bonds is 0.